The molecule has 0 saturated carbocycles. The van der Waals surface area contributed by atoms with Crippen LogP contribution >= 0.6 is 0 Å². The van der Waals surface area contributed by atoms with Gasteiger partial charge in [-0.15, -0.1) is 0 Å². The van der Waals surface area contributed by atoms with Crippen molar-refractivity contribution in [2.75, 3.05) is 18.5 Å². The van der Waals surface area contributed by atoms with Gasteiger partial charge >= 0.3 is 0 Å². The number of rotatable bonds is 9. The maximum atomic E-state index is 12.8. The Kier molecular flexibility index (Phi) is 7.74. The summed E-state index contributed by atoms with van der Waals surface area (Å²) < 4.78 is 11.6. The number of nitrogens with one attached hydrogen (secondary N) is 1. The van der Waals surface area contributed by atoms with Crippen molar-refractivity contribution >= 4 is 11.6 Å². The molecule has 1 atom stereocenters. The average molecular weight is 335 g/mol. The lowest BCUT2D eigenvalue weighted by molar-refractivity contribution is -0.141. The van der Waals surface area contributed by atoms with Crippen LogP contribution in [-0.2, 0) is 9.53 Å². The monoisotopic (exact) mass is 335 g/mol. The predicted octanol–water partition coefficient (Wildman–Crippen LogP) is 4.87. The van der Waals surface area contributed by atoms with Crippen molar-refractivity contribution in [3.63, 3.8) is 0 Å². The van der Waals surface area contributed by atoms with Gasteiger partial charge < -0.3 is 14.8 Å². The normalized spacial score (nSPS) is 13.7. The van der Waals surface area contributed by atoms with Crippen LogP contribution in [0.1, 0.15) is 58.6 Å². The largest absolute Gasteiger partial charge is 0.493 e. The zero-order valence-corrected chi connectivity index (χ0v) is 16.3. The van der Waals surface area contributed by atoms with Crippen LogP contribution in [0, 0.1) is 19.8 Å². The molecule has 0 unspecified atom stereocenters. The second-order valence-electron chi connectivity index (χ2n) is 7.00. The van der Waals surface area contributed by atoms with Gasteiger partial charge in [-0.1, -0.05) is 20.8 Å². The van der Waals surface area contributed by atoms with Crippen molar-refractivity contribution in [3.8, 4) is 5.75 Å². The molecule has 1 amide bonds. The fourth-order valence-corrected chi connectivity index (χ4v) is 2.98. The Labute approximate surface area is 146 Å². The van der Waals surface area contributed by atoms with Gasteiger partial charge in [-0.2, -0.15) is 0 Å². The number of hydrogen-bond acceptors (Lipinski definition) is 3. The highest BCUT2D eigenvalue weighted by molar-refractivity contribution is 5.97. The van der Waals surface area contributed by atoms with Gasteiger partial charge in [-0.25, -0.2) is 0 Å². The van der Waals surface area contributed by atoms with Crippen LogP contribution in [0.2, 0.25) is 0 Å². The van der Waals surface area contributed by atoms with E-state index in [4.69, 9.17) is 9.47 Å². The SMILES string of the molecule is CCCO[C@@](C)(CC(C)C)C(=O)Nc1cc(C)c(OCC)c(C)c1. The third-order valence-corrected chi connectivity index (χ3v) is 3.91. The Morgan fingerprint density at radius 1 is 1.21 bits per heavy atom. The lowest BCUT2D eigenvalue weighted by Crippen LogP contribution is -2.44. The van der Waals surface area contributed by atoms with Crippen LogP contribution in [0.3, 0.4) is 0 Å². The van der Waals surface area contributed by atoms with Gasteiger partial charge in [0.25, 0.3) is 5.91 Å². The van der Waals surface area contributed by atoms with E-state index in [1.165, 1.54) is 0 Å². The van der Waals surface area contributed by atoms with Crippen LogP contribution in [0.15, 0.2) is 12.1 Å². The highest BCUT2D eigenvalue weighted by Crippen LogP contribution is 2.29. The van der Waals surface area contributed by atoms with Gasteiger partial charge in [0, 0.05) is 12.3 Å². The number of anilines is 1. The molecule has 136 valence electrons. The first kappa shape index (κ1) is 20.5. The summed E-state index contributed by atoms with van der Waals surface area (Å²) in [5.74, 6) is 1.18. The van der Waals surface area contributed by atoms with Gasteiger partial charge in [-0.3, -0.25) is 4.79 Å². The molecule has 0 aromatic heterocycles. The van der Waals surface area contributed by atoms with Gasteiger partial charge in [0.1, 0.15) is 11.4 Å². The number of carbonyl (C=O) groups is 1. The summed E-state index contributed by atoms with van der Waals surface area (Å²) in [5.41, 5.74) is 2.01. The molecule has 1 N–H and O–H groups in total. The predicted molar refractivity (Wildman–Crippen MR) is 99.8 cm³/mol. The highest BCUT2D eigenvalue weighted by atomic mass is 16.5. The molecule has 0 aliphatic rings. The van der Waals surface area contributed by atoms with E-state index in [2.05, 4.69) is 19.2 Å². The fraction of sp³-hybridized carbons (Fsp3) is 0.650. The van der Waals surface area contributed by atoms with E-state index in [1.807, 2.05) is 46.8 Å². The number of aryl methyl sites for hydroxylation is 2. The summed E-state index contributed by atoms with van der Waals surface area (Å²) in [6.07, 6.45) is 1.58. The quantitative estimate of drug-likeness (QED) is 0.700. The van der Waals surface area contributed by atoms with E-state index in [0.717, 1.165) is 29.0 Å². The number of ether oxygens (including phenoxy) is 2. The van der Waals surface area contributed by atoms with Crippen molar-refractivity contribution in [2.45, 2.75) is 66.9 Å². The molecule has 4 nitrogen and oxygen atoms in total. The molecular formula is C20H33NO3. The van der Waals surface area contributed by atoms with Crippen molar-refractivity contribution < 1.29 is 14.3 Å². The van der Waals surface area contributed by atoms with Gasteiger partial charge in [0.15, 0.2) is 0 Å². The molecular weight excluding hydrogens is 302 g/mol. The van der Waals surface area contributed by atoms with Crippen LogP contribution in [0.4, 0.5) is 5.69 Å². The second-order valence-corrected chi connectivity index (χ2v) is 7.00. The maximum absolute atomic E-state index is 12.8. The number of benzene rings is 1. The molecule has 0 spiro atoms. The van der Waals surface area contributed by atoms with Crippen LogP contribution < -0.4 is 10.1 Å². The lowest BCUT2D eigenvalue weighted by atomic mass is 9.92. The third kappa shape index (κ3) is 5.52. The van der Waals surface area contributed by atoms with E-state index < -0.39 is 5.60 Å². The summed E-state index contributed by atoms with van der Waals surface area (Å²) in [6, 6.07) is 3.90. The lowest BCUT2D eigenvalue weighted by Gasteiger charge is -2.30. The molecule has 0 radical (unpaired) electrons. The van der Waals surface area contributed by atoms with E-state index in [9.17, 15) is 4.79 Å². The van der Waals surface area contributed by atoms with Crippen molar-refractivity contribution in [2.24, 2.45) is 5.92 Å². The topological polar surface area (TPSA) is 47.6 Å². The molecule has 0 heterocycles. The molecule has 0 saturated heterocycles. The standard InChI is InChI=1S/C20H33NO3/c1-8-10-24-20(7,13-14(3)4)19(22)21-17-11-15(5)18(23-9-2)16(6)12-17/h11-12,14H,8-10,13H2,1-7H3,(H,21,22)/t20-/m0/s1. The molecule has 0 bridgehead atoms. The van der Waals surface area contributed by atoms with Crippen molar-refractivity contribution in [3.05, 3.63) is 23.3 Å². The minimum absolute atomic E-state index is 0.0902. The summed E-state index contributed by atoms with van der Waals surface area (Å²) in [7, 11) is 0. The Balaban J connectivity index is 2.98. The van der Waals surface area contributed by atoms with Crippen molar-refractivity contribution in [1.29, 1.82) is 0 Å². The first-order valence-electron chi connectivity index (χ1n) is 8.93. The zero-order chi connectivity index (χ0) is 18.3. The minimum Gasteiger partial charge on any atom is -0.493 e. The number of carbonyl (C=O) groups excluding carboxylic acids is 1. The number of hydrogen-bond donors (Lipinski definition) is 1. The molecule has 1 aromatic carbocycles. The Morgan fingerprint density at radius 2 is 1.79 bits per heavy atom. The van der Waals surface area contributed by atoms with Crippen LogP contribution in [-0.4, -0.2) is 24.7 Å². The van der Waals surface area contributed by atoms with Crippen molar-refractivity contribution in [1.82, 2.24) is 0 Å². The highest BCUT2D eigenvalue weighted by Gasteiger charge is 2.35. The number of amides is 1. The maximum Gasteiger partial charge on any atom is 0.256 e. The summed E-state index contributed by atoms with van der Waals surface area (Å²) in [4.78, 5) is 12.8. The molecule has 0 fully saturated rings. The second kappa shape index (κ2) is 9.07. The van der Waals surface area contributed by atoms with Gasteiger partial charge in [-0.05, 0) is 69.7 Å². The molecule has 0 aliphatic heterocycles. The van der Waals surface area contributed by atoms with Gasteiger partial charge in [0.05, 0.1) is 6.61 Å². The molecule has 24 heavy (non-hydrogen) atoms. The molecule has 1 aromatic rings. The summed E-state index contributed by atoms with van der Waals surface area (Å²) in [5, 5.41) is 3.03. The Bertz CT molecular complexity index is 531. The summed E-state index contributed by atoms with van der Waals surface area (Å²) >= 11 is 0. The first-order valence-corrected chi connectivity index (χ1v) is 8.93. The third-order valence-electron chi connectivity index (χ3n) is 3.91. The Morgan fingerprint density at radius 3 is 2.25 bits per heavy atom. The summed E-state index contributed by atoms with van der Waals surface area (Å²) in [6.45, 7) is 15.3. The minimum atomic E-state index is -0.815. The molecule has 4 heteroatoms. The Hall–Kier alpha value is -1.55. The molecule has 1 rings (SSSR count). The van der Waals surface area contributed by atoms with E-state index in [-0.39, 0.29) is 5.91 Å². The fourth-order valence-electron chi connectivity index (χ4n) is 2.98. The average Bonchev–Trinajstić information content (AvgIpc) is 2.48. The zero-order valence-electron chi connectivity index (χ0n) is 16.3. The van der Waals surface area contributed by atoms with Gasteiger partial charge in [0.2, 0.25) is 0 Å². The smallest absolute Gasteiger partial charge is 0.256 e. The van der Waals surface area contributed by atoms with E-state index in [0.29, 0.717) is 25.6 Å². The van der Waals surface area contributed by atoms with Crippen LogP contribution in [0.25, 0.3) is 0 Å². The van der Waals surface area contributed by atoms with Crippen LogP contribution in [0.5, 0.6) is 5.75 Å². The van der Waals surface area contributed by atoms with E-state index in [1.54, 1.807) is 0 Å². The van der Waals surface area contributed by atoms with E-state index >= 15 is 0 Å². The molecule has 0 aliphatic carbocycles. The first-order chi connectivity index (χ1) is 11.2.